The van der Waals surface area contributed by atoms with Gasteiger partial charge in [-0.1, -0.05) is 0 Å². The van der Waals surface area contributed by atoms with Gasteiger partial charge in [-0.25, -0.2) is 0 Å². The number of likely N-dealkylation sites (N-methyl/N-ethyl adjacent to an activating group) is 1. The minimum Gasteiger partial charge on any atom is -0.462 e. The molecule has 1 saturated heterocycles. The molecule has 0 aromatic heterocycles. The van der Waals surface area contributed by atoms with E-state index < -0.39 is 0 Å². The average Bonchev–Trinajstić information content (AvgIpc) is 2.64. The van der Waals surface area contributed by atoms with Crippen LogP contribution in [0.25, 0.3) is 0 Å². The van der Waals surface area contributed by atoms with Gasteiger partial charge in [0.1, 0.15) is 5.60 Å². The van der Waals surface area contributed by atoms with Gasteiger partial charge >= 0.3 is 0 Å². The van der Waals surface area contributed by atoms with Crippen LogP contribution in [0.5, 0.6) is 0 Å². The summed E-state index contributed by atoms with van der Waals surface area (Å²) in [6.45, 7) is 10.5. The Bertz CT molecular complexity index is 440. The number of benzene rings is 1. The van der Waals surface area contributed by atoms with Crippen molar-refractivity contribution >= 4 is 17.8 Å². The van der Waals surface area contributed by atoms with Crippen LogP contribution >= 0.6 is 0 Å². The summed E-state index contributed by atoms with van der Waals surface area (Å²) in [5.41, 5.74) is 7.49. The molecule has 1 aliphatic heterocycles. The van der Waals surface area contributed by atoms with Crippen molar-refractivity contribution in [3.63, 3.8) is 0 Å². The van der Waals surface area contributed by atoms with Crippen LogP contribution in [0.2, 0.25) is 0 Å². The van der Waals surface area contributed by atoms with Gasteiger partial charge in [0, 0.05) is 31.0 Å². The average molecular weight is 307 g/mol. The van der Waals surface area contributed by atoms with Gasteiger partial charge in [-0.3, -0.25) is 4.79 Å². The first-order chi connectivity index (χ1) is 10.3. The predicted octanol–water partition coefficient (Wildman–Crippen LogP) is 2.37. The lowest BCUT2D eigenvalue weighted by atomic mass is 10.2. The van der Waals surface area contributed by atoms with Gasteiger partial charge in [-0.05, 0) is 65.0 Å². The standard InChI is InChI=1S/C12H19N3.C5H10O2/c1-14-7-2-8-15(10-9-14)12-5-3-11(13)4-6-12;1-5(2,3)7-4-6/h3-6H,2,7-10,13H2,1H3;4H,1-3H3. The topological polar surface area (TPSA) is 58.8 Å². The Balaban J connectivity index is 0.000000295. The monoisotopic (exact) mass is 307 g/mol. The van der Waals surface area contributed by atoms with Gasteiger partial charge in [0.15, 0.2) is 0 Å². The van der Waals surface area contributed by atoms with Crippen LogP contribution in [0.4, 0.5) is 11.4 Å². The molecule has 1 fully saturated rings. The number of anilines is 2. The minimum absolute atomic E-state index is 0.318. The predicted molar refractivity (Wildman–Crippen MR) is 92.1 cm³/mol. The van der Waals surface area contributed by atoms with Gasteiger partial charge < -0.3 is 20.3 Å². The molecular weight excluding hydrogens is 278 g/mol. The summed E-state index contributed by atoms with van der Waals surface area (Å²) in [5, 5.41) is 0. The molecule has 1 aromatic rings. The fourth-order valence-electron chi connectivity index (χ4n) is 2.13. The van der Waals surface area contributed by atoms with E-state index in [2.05, 4.69) is 33.7 Å². The van der Waals surface area contributed by atoms with E-state index in [0.29, 0.717) is 6.47 Å². The van der Waals surface area contributed by atoms with Crippen molar-refractivity contribution in [1.29, 1.82) is 0 Å². The molecule has 0 unspecified atom stereocenters. The fourth-order valence-corrected chi connectivity index (χ4v) is 2.13. The van der Waals surface area contributed by atoms with E-state index in [-0.39, 0.29) is 5.60 Å². The highest BCUT2D eigenvalue weighted by Gasteiger charge is 2.11. The molecule has 5 heteroatoms. The molecule has 0 spiro atoms. The molecule has 0 radical (unpaired) electrons. The van der Waals surface area contributed by atoms with Crippen LogP contribution in [0.1, 0.15) is 27.2 Å². The van der Waals surface area contributed by atoms with Gasteiger partial charge in [-0.15, -0.1) is 0 Å². The number of hydrogen-bond acceptors (Lipinski definition) is 5. The molecule has 124 valence electrons. The second-order valence-electron chi connectivity index (χ2n) is 6.56. The lowest BCUT2D eigenvalue weighted by Gasteiger charge is -2.22. The van der Waals surface area contributed by atoms with E-state index in [1.807, 2.05) is 32.9 Å². The van der Waals surface area contributed by atoms with Crippen molar-refractivity contribution in [2.24, 2.45) is 0 Å². The van der Waals surface area contributed by atoms with Crippen LogP contribution < -0.4 is 10.6 Å². The fraction of sp³-hybridized carbons (Fsp3) is 0.588. The van der Waals surface area contributed by atoms with Crippen LogP contribution in [0.15, 0.2) is 24.3 Å². The maximum absolute atomic E-state index is 9.60. The van der Waals surface area contributed by atoms with Crippen molar-refractivity contribution < 1.29 is 9.53 Å². The zero-order chi connectivity index (χ0) is 16.6. The maximum Gasteiger partial charge on any atom is 0.293 e. The molecule has 2 rings (SSSR count). The number of ether oxygens (including phenoxy) is 1. The summed E-state index contributed by atoms with van der Waals surface area (Å²) in [6.07, 6.45) is 1.24. The van der Waals surface area contributed by atoms with Crippen molar-refractivity contribution in [1.82, 2.24) is 4.90 Å². The molecule has 1 aromatic carbocycles. The highest BCUT2D eigenvalue weighted by molar-refractivity contribution is 5.53. The number of carbonyl (C=O) groups excluding carboxylic acids is 1. The van der Waals surface area contributed by atoms with Gasteiger partial charge in [-0.2, -0.15) is 0 Å². The first-order valence-electron chi connectivity index (χ1n) is 7.72. The number of carbonyl (C=O) groups is 1. The van der Waals surface area contributed by atoms with Crippen molar-refractivity contribution in [3.05, 3.63) is 24.3 Å². The van der Waals surface area contributed by atoms with E-state index in [0.717, 1.165) is 25.3 Å². The van der Waals surface area contributed by atoms with Crippen molar-refractivity contribution in [3.8, 4) is 0 Å². The van der Waals surface area contributed by atoms with Gasteiger partial charge in [0.05, 0.1) is 0 Å². The Morgan fingerprint density at radius 3 is 2.23 bits per heavy atom. The lowest BCUT2D eigenvalue weighted by molar-refractivity contribution is -0.138. The van der Waals surface area contributed by atoms with Crippen LogP contribution in [0.3, 0.4) is 0 Å². The highest BCUT2D eigenvalue weighted by Crippen LogP contribution is 2.17. The Morgan fingerprint density at radius 2 is 1.73 bits per heavy atom. The summed E-state index contributed by atoms with van der Waals surface area (Å²) in [5.74, 6) is 0. The summed E-state index contributed by atoms with van der Waals surface area (Å²) in [4.78, 5) is 14.4. The van der Waals surface area contributed by atoms with E-state index in [4.69, 9.17) is 5.73 Å². The summed E-state index contributed by atoms with van der Waals surface area (Å²) in [6, 6.07) is 8.18. The number of nitrogens with zero attached hydrogens (tertiary/aromatic N) is 2. The van der Waals surface area contributed by atoms with Gasteiger partial charge in [0.25, 0.3) is 6.47 Å². The molecule has 0 aliphatic carbocycles. The van der Waals surface area contributed by atoms with Gasteiger partial charge in [0.2, 0.25) is 0 Å². The molecule has 5 nitrogen and oxygen atoms in total. The second-order valence-corrected chi connectivity index (χ2v) is 6.56. The molecular formula is C17H29N3O2. The largest absolute Gasteiger partial charge is 0.462 e. The number of rotatable bonds is 2. The molecule has 22 heavy (non-hydrogen) atoms. The Labute approximate surface area is 134 Å². The lowest BCUT2D eigenvalue weighted by Crippen LogP contribution is -2.28. The first kappa shape index (κ1) is 18.3. The molecule has 0 amide bonds. The smallest absolute Gasteiger partial charge is 0.293 e. The van der Waals surface area contributed by atoms with E-state index in [1.165, 1.54) is 18.7 Å². The number of nitrogens with two attached hydrogens (primary N) is 1. The molecule has 1 heterocycles. The number of nitrogen functional groups attached to an aromatic ring is 1. The first-order valence-corrected chi connectivity index (χ1v) is 7.72. The van der Waals surface area contributed by atoms with Crippen molar-refractivity contribution in [2.45, 2.75) is 32.8 Å². The molecule has 0 atom stereocenters. The van der Waals surface area contributed by atoms with Crippen molar-refractivity contribution in [2.75, 3.05) is 43.9 Å². The summed E-state index contributed by atoms with van der Waals surface area (Å²) >= 11 is 0. The zero-order valence-corrected chi connectivity index (χ0v) is 14.2. The van der Waals surface area contributed by atoms with E-state index in [1.54, 1.807) is 0 Å². The Hall–Kier alpha value is -1.75. The summed E-state index contributed by atoms with van der Waals surface area (Å²) in [7, 11) is 2.19. The molecule has 1 aliphatic rings. The van der Waals surface area contributed by atoms with E-state index in [9.17, 15) is 4.79 Å². The number of hydrogen-bond donors (Lipinski definition) is 1. The van der Waals surface area contributed by atoms with E-state index >= 15 is 0 Å². The Morgan fingerprint density at radius 1 is 1.09 bits per heavy atom. The third kappa shape index (κ3) is 7.31. The Kier molecular flexibility index (Phi) is 7.18. The SMILES string of the molecule is CC(C)(C)OC=O.CN1CCCN(c2ccc(N)cc2)CC1. The summed E-state index contributed by atoms with van der Waals surface area (Å²) < 4.78 is 4.55. The second kappa shape index (κ2) is 8.63. The highest BCUT2D eigenvalue weighted by atomic mass is 16.5. The molecule has 2 N–H and O–H groups in total. The minimum atomic E-state index is -0.318. The molecule has 0 saturated carbocycles. The third-order valence-electron chi connectivity index (χ3n) is 3.38. The maximum atomic E-state index is 9.60. The normalized spacial score (nSPS) is 16.3. The quantitative estimate of drug-likeness (QED) is 0.671. The zero-order valence-electron chi connectivity index (χ0n) is 14.2. The van der Waals surface area contributed by atoms with Crippen LogP contribution in [-0.2, 0) is 9.53 Å². The van der Waals surface area contributed by atoms with Crippen LogP contribution in [-0.4, -0.2) is 50.2 Å². The third-order valence-corrected chi connectivity index (χ3v) is 3.38. The molecule has 0 bridgehead atoms. The van der Waals surface area contributed by atoms with Crippen LogP contribution in [0, 0.1) is 0 Å².